The SMILES string of the molecule is O=C(CCc1ncc(-c2c(F)cccc2F)o1)OCc1csc(-c2cccs2)n1. The Morgan fingerprint density at radius 3 is 2.72 bits per heavy atom. The quantitative estimate of drug-likeness (QED) is 0.362. The number of aryl methyl sites for hydroxylation is 1. The van der Waals surface area contributed by atoms with E-state index in [1.807, 2.05) is 22.9 Å². The van der Waals surface area contributed by atoms with E-state index in [9.17, 15) is 13.6 Å². The Hall–Kier alpha value is -2.91. The number of carbonyl (C=O) groups excluding carboxylic acids is 1. The van der Waals surface area contributed by atoms with E-state index in [2.05, 4.69) is 9.97 Å². The number of esters is 1. The second kappa shape index (κ2) is 8.62. The summed E-state index contributed by atoms with van der Waals surface area (Å²) in [4.78, 5) is 21.5. The van der Waals surface area contributed by atoms with E-state index in [-0.39, 0.29) is 36.7 Å². The molecule has 0 unspecified atom stereocenters. The van der Waals surface area contributed by atoms with Crippen LogP contribution in [0.1, 0.15) is 18.0 Å². The van der Waals surface area contributed by atoms with E-state index in [0.717, 1.165) is 22.0 Å². The smallest absolute Gasteiger partial charge is 0.306 e. The first-order valence-electron chi connectivity index (χ1n) is 8.63. The van der Waals surface area contributed by atoms with E-state index < -0.39 is 17.6 Å². The molecule has 148 valence electrons. The average molecular weight is 432 g/mol. The van der Waals surface area contributed by atoms with Gasteiger partial charge in [0.05, 0.1) is 28.8 Å². The summed E-state index contributed by atoms with van der Waals surface area (Å²) < 4.78 is 38.2. The van der Waals surface area contributed by atoms with Crippen LogP contribution in [-0.4, -0.2) is 15.9 Å². The average Bonchev–Trinajstić information content (AvgIpc) is 3.46. The summed E-state index contributed by atoms with van der Waals surface area (Å²) in [6.45, 7) is 0.0813. The number of ether oxygens (including phenoxy) is 1. The second-order valence-electron chi connectivity index (χ2n) is 6.00. The van der Waals surface area contributed by atoms with Crippen LogP contribution in [0.2, 0.25) is 0 Å². The minimum Gasteiger partial charge on any atom is -0.459 e. The molecule has 3 aromatic heterocycles. The van der Waals surface area contributed by atoms with Crippen molar-refractivity contribution in [3.8, 4) is 21.2 Å². The largest absolute Gasteiger partial charge is 0.459 e. The summed E-state index contributed by atoms with van der Waals surface area (Å²) in [6.07, 6.45) is 1.43. The number of oxazole rings is 1. The number of thiazole rings is 1. The van der Waals surface area contributed by atoms with Gasteiger partial charge in [0.2, 0.25) is 0 Å². The van der Waals surface area contributed by atoms with Gasteiger partial charge in [0.1, 0.15) is 23.2 Å². The summed E-state index contributed by atoms with van der Waals surface area (Å²) >= 11 is 3.09. The van der Waals surface area contributed by atoms with Gasteiger partial charge in [-0.1, -0.05) is 12.1 Å². The molecule has 0 saturated carbocycles. The van der Waals surface area contributed by atoms with Gasteiger partial charge in [-0.15, -0.1) is 22.7 Å². The molecule has 5 nitrogen and oxygen atoms in total. The lowest BCUT2D eigenvalue weighted by Gasteiger charge is -2.02. The maximum Gasteiger partial charge on any atom is 0.306 e. The zero-order valence-electron chi connectivity index (χ0n) is 14.9. The molecule has 29 heavy (non-hydrogen) atoms. The van der Waals surface area contributed by atoms with Crippen LogP contribution < -0.4 is 0 Å². The van der Waals surface area contributed by atoms with Crippen molar-refractivity contribution in [1.82, 2.24) is 9.97 Å². The number of nitrogens with zero attached hydrogens (tertiary/aromatic N) is 2. The molecule has 9 heteroatoms. The van der Waals surface area contributed by atoms with Gasteiger partial charge < -0.3 is 9.15 Å². The van der Waals surface area contributed by atoms with Crippen molar-refractivity contribution in [2.75, 3.05) is 0 Å². The zero-order valence-corrected chi connectivity index (χ0v) is 16.6. The standard InChI is InChI=1S/C20H14F2N2O3S2/c21-13-3-1-4-14(22)19(13)15-9-23-17(27-15)6-7-18(25)26-10-12-11-29-20(24-12)16-5-2-8-28-16/h1-5,8-9,11H,6-7,10H2. The van der Waals surface area contributed by atoms with Crippen molar-refractivity contribution < 1.29 is 22.7 Å². The van der Waals surface area contributed by atoms with Crippen LogP contribution in [-0.2, 0) is 22.6 Å². The van der Waals surface area contributed by atoms with Gasteiger partial charge in [-0.3, -0.25) is 4.79 Å². The fourth-order valence-corrected chi connectivity index (χ4v) is 4.22. The van der Waals surface area contributed by atoms with Gasteiger partial charge in [-0.25, -0.2) is 18.7 Å². The fraction of sp³-hybridized carbons (Fsp3) is 0.150. The lowest BCUT2D eigenvalue weighted by Crippen LogP contribution is -2.06. The summed E-state index contributed by atoms with van der Waals surface area (Å²) in [5, 5.41) is 4.72. The molecule has 4 aromatic rings. The maximum atomic E-state index is 13.8. The Bertz CT molecular complexity index is 1100. The van der Waals surface area contributed by atoms with Crippen LogP contribution in [0.5, 0.6) is 0 Å². The molecular weight excluding hydrogens is 418 g/mol. The van der Waals surface area contributed by atoms with E-state index in [0.29, 0.717) is 5.69 Å². The molecule has 4 rings (SSSR count). The molecule has 0 atom stereocenters. The predicted molar refractivity (Wildman–Crippen MR) is 105 cm³/mol. The number of thiophene rings is 1. The van der Waals surface area contributed by atoms with Crippen LogP contribution in [0, 0.1) is 11.6 Å². The molecule has 0 N–H and O–H groups in total. The molecule has 0 amide bonds. The van der Waals surface area contributed by atoms with Gasteiger partial charge >= 0.3 is 5.97 Å². The number of benzene rings is 1. The highest BCUT2D eigenvalue weighted by atomic mass is 32.1. The molecule has 0 spiro atoms. The first-order chi connectivity index (χ1) is 14.1. The molecule has 0 fully saturated rings. The number of hydrogen-bond acceptors (Lipinski definition) is 7. The number of hydrogen-bond donors (Lipinski definition) is 0. The van der Waals surface area contributed by atoms with E-state index in [1.54, 1.807) is 11.3 Å². The second-order valence-corrected chi connectivity index (χ2v) is 7.80. The van der Waals surface area contributed by atoms with Crippen molar-refractivity contribution in [3.05, 3.63) is 70.5 Å². The summed E-state index contributed by atoms with van der Waals surface area (Å²) in [5.41, 5.74) is 0.402. The van der Waals surface area contributed by atoms with Crippen LogP contribution in [0.4, 0.5) is 8.78 Å². The maximum absolute atomic E-state index is 13.8. The summed E-state index contributed by atoms with van der Waals surface area (Å²) in [5.74, 6) is -1.73. The highest BCUT2D eigenvalue weighted by Crippen LogP contribution is 2.28. The molecule has 1 aromatic carbocycles. The van der Waals surface area contributed by atoms with Crippen molar-refractivity contribution in [2.45, 2.75) is 19.4 Å². The minimum atomic E-state index is -0.739. The predicted octanol–water partition coefficient (Wildman–Crippen LogP) is 5.48. The van der Waals surface area contributed by atoms with Crippen LogP contribution in [0.3, 0.4) is 0 Å². The van der Waals surface area contributed by atoms with Crippen LogP contribution in [0.25, 0.3) is 21.2 Å². The monoisotopic (exact) mass is 432 g/mol. The molecule has 0 aliphatic heterocycles. The van der Waals surface area contributed by atoms with E-state index in [4.69, 9.17) is 9.15 Å². The molecule has 0 aliphatic carbocycles. The Labute approximate surface area is 172 Å². The number of carbonyl (C=O) groups is 1. The summed E-state index contributed by atoms with van der Waals surface area (Å²) in [7, 11) is 0. The number of rotatable bonds is 7. The van der Waals surface area contributed by atoms with Crippen molar-refractivity contribution >= 4 is 28.6 Å². The molecular formula is C20H14F2N2O3S2. The van der Waals surface area contributed by atoms with Crippen molar-refractivity contribution in [3.63, 3.8) is 0 Å². The van der Waals surface area contributed by atoms with Crippen molar-refractivity contribution in [2.24, 2.45) is 0 Å². The van der Waals surface area contributed by atoms with Gasteiger partial charge in [-0.2, -0.15) is 0 Å². The molecule has 3 heterocycles. The third-order valence-electron chi connectivity index (χ3n) is 3.97. The van der Waals surface area contributed by atoms with E-state index >= 15 is 0 Å². The lowest BCUT2D eigenvalue weighted by atomic mass is 10.1. The fourth-order valence-electron chi connectivity index (χ4n) is 2.60. The topological polar surface area (TPSA) is 65.2 Å². The minimum absolute atomic E-state index is 0.0208. The highest BCUT2D eigenvalue weighted by Gasteiger charge is 2.16. The molecule has 0 radical (unpaired) electrons. The Morgan fingerprint density at radius 2 is 1.97 bits per heavy atom. The molecule has 0 aliphatic rings. The Morgan fingerprint density at radius 1 is 1.14 bits per heavy atom. The zero-order chi connectivity index (χ0) is 20.2. The van der Waals surface area contributed by atoms with Gasteiger partial charge in [0.25, 0.3) is 0 Å². The van der Waals surface area contributed by atoms with Gasteiger partial charge in [0, 0.05) is 11.8 Å². The molecule has 0 saturated heterocycles. The normalized spacial score (nSPS) is 11.0. The Kier molecular flexibility index (Phi) is 5.77. The van der Waals surface area contributed by atoms with Gasteiger partial charge in [-0.05, 0) is 23.6 Å². The van der Waals surface area contributed by atoms with Crippen LogP contribution in [0.15, 0.2) is 51.7 Å². The molecule has 0 bridgehead atoms. The summed E-state index contributed by atoms with van der Waals surface area (Å²) in [6, 6.07) is 7.49. The van der Waals surface area contributed by atoms with Gasteiger partial charge in [0.15, 0.2) is 11.7 Å². The first kappa shape index (κ1) is 19.4. The number of aromatic nitrogens is 2. The van der Waals surface area contributed by atoms with Crippen LogP contribution >= 0.6 is 22.7 Å². The Balaban J connectivity index is 1.30. The lowest BCUT2D eigenvalue weighted by molar-refractivity contribution is -0.145. The highest BCUT2D eigenvalue weighted by molar-refractivity contribution is 7.20. The van der Waals surface area contributed by atoms with E-state index in [1.165, 1.54) is 23.6 Å². The first-order valence-corrected chi connectivity index (χ1v) is 10.4. The number of halogens is 2. The third kappa shape index (κ3) is 4.57. The third-order valence-corrected chi connectivity index (χ3v) is 5.90. The van der Waals surface area contributed by atoms with Crippen molar-refractivity contribution in [1.29, 1.82) is 0 Å².